The van der Waals surface area contributed by atoms with Gasteiger partial charge in [0.2, 0.25) is 10.0 Å². The van der Waals surface area contributed by atoms with Crippen molar-refractivity contribution in [3.05, 3.63) is 40.3 Å². The van der Waals surface area contributed by atoms with Gasteiger partial charge in [-0.3, -0.25) is 4.79 Å². The van der Waals surface area contributed by atoms with E-state index in [9.17, 15) is 22.8 Å². The Balaban J connectivity index is 1.71. The molecule has 0 bridgehead atoms. The first kappa shape index (κ1) is 29.6. The third kappa shape index (κ3) is 6.17. The van der Waals surface area contributed by atoms with Crippen LogP contribution < -0.4 is 5.56 Å². The van der Waals surface area contributed by atoms with Gasteiger partial charge in [0.15, 0.2) is 0 Å². The van der Waals surface area contributed by atoms with Gasteiger partial charge in [0.1, 0.15) is 11.1 Å². The summed E-state index contributed by atoms with van der Waals surface area (Å²) in [5.74, 6) is -0.594. The van der Waals surface area contributed by atoms with E-state index in [1.807, 2.05) is 20.8 Å². The minimum absolute atomic E-state index is 0.0303. The number of carbonyl (C=O) groups is 2. The van der Waals surface area contributed by atoms with E-state index in [2.05, 4.69) is 9.97 Å². The summed E-state index contributed by atoms with van der Waals surface area (Å²) in [7, 11) is -3.98. The van der Waals surface area contributed by atoms with Gasteiger partial charge in [-0.1, -0.05) is 6.92 Å². The van der Waals surface area contributed by atoms with Crippen molar-refractivity contribution in [3.8, 4) is 0 Å². The quantitative estimate of drug-likeness (QED) is 0.342. The second-order valence-electron chi connectivity index (χ2n) is 11.4. The largest absolute Gasteiger partial charge is 0.462 e. The number of carbonyl (C=O) groups excluding carboxylic acids is 2. The van der Waals surface area contributed by atoms with E-state index in [4.69, 9.17) is 9.47 Å². The number of esters is 1. The first-order valence-corrected chi connectivity index (χ1v) is 15.0. The monoisotopic (exact) mass is 574 g/mol. The molecule has 40 heavy (non-hydrogen) atoms. The number of sulfonamides is 1. The lowest BCUT2D eigenvalue weighted by atomic mass is 10.1. The maximum atomic E-state index is 14.0. The molecule has 1 aliphatic carbocycles. The van der Waals surface area contributed by atoms with Crippen LogP contribution in [0.5, 0.6) is 0 Å². The molecule has 0 radical (unpaired) electrons. The predicted octanol–water partition coefficient (Wildman–Crippen LogP) is 4.37. The Morgan fingerprint density at radius 3 is 2.45 bits per heavy atom. The van der Waals surface area contributed by atoms with Crippen LogP contribution in [0, 0.1) is 0 Å². The van der Waals surface area contributed by atoms with Crippen molar-refractivity contribution in [2.45, 2.75) is 83.4 Å². The summed E-state index contributed by atoms with van der Waals surface area (Å²) in [6, 6.07) is 4.10. The fraction of sp³-hybridized carbons (Fsp3) is 0.536. The Labute approximate surface area is 233 Å². The van der Waals surface area contributed by atoms with Crippen molar-refractivity contribution >= 4 is 43.9 Å². The molecule has 0 atom stereocenters. The molecule has 1 saturated carbocycles. The van der Waals surface area contributed by atoms with E-state index in [0.717, 1.165) is 12.8 Å². The van der Waals surface area contributed by atoms with E-state index in [-0.39, 0.29) is 47.8 Å². The number of amides is 1. The Morgan fingerprint density at radius 2 is 1.85 bits per heavy atom. The fourth-order valence-corrected chi connectivity index (χ4v) is 6.29. The van der Waals surface area contributed by atoms with Gasteiger partial charge in [-0.2, -0.15) is 4.31 Å². The van der Waals surface area contributed by atoms with E-state index < -0.39 is 33.2 Å². The Kier molecular flexibility index (Phi) is 8.32. The number of benzene rings is 1. The molecular weight excluding hydrogens is 536 g/mol. The molecule has 0 unspecified atom stereocenters. The number of H-pyrrole nitrogens is 2. The van der Waals surface area contributed by atoms with Crippen LogP contribution in [0.25, 0.3) is 21.8 Å². The minimum Gasteiger partial charge on any atom is -0.462 e. The predicted molar refractivity (Wildman–Crippen MR) is 152 cm³/mol. The molecule has 2 aromatic heterocycles. The number of aromatic amines is 2. The number of ether oxygens (including phenoxy) is 2. The number of rotatable bonds is 10. The van der Waals surface area contributed by atoms with E-state index in [1.165, 1.54) is 33.6 Å². The molecule has 0 saturated heterocycles. The first-order chi connectivity index (χ1) is 18.7. The maximum absolute atomic E-state index is 14.0. The van der Waals surface area contributed by atoms with Crippen molar-refractivity contribution < 1.29 is 27.5 Å². The van der Waals surface area contributed by atoms with Crippen LogP contribution >= 0.6 is 0 Å². The van der Waals surface area contributed by atoms with Crippen molar-refractivity contribution in [3.63, 3.8) is 0 Å². The number of hydrogen-bond donors (Lipinski definition) is 2. The molecule has 3 aromatic rings. The molecular formula is C28H38N4O7S. The Morgan fingerprint density at radius 1 is 1.15 bits per heavy atom. The van der Waals surface area contributed by atoms with Crippen LogP contribution in [0.3, 0.4) is 0 Å². The lowest BCUT2D eigenvalue weighted by molar-refractivity contribution is 0.0182. The highest BCUT2D eigenvalue weighted by molar-refractivity contribution is 7.89. The van der Waals surface area contributed by atoms with Gasteiger partial charge >= 0.3 is 12.1 Å². The molecule has 1 amide bonds. The molecule has 4 rings (SSSR count). The highest BCUT2D eigenvalue weighted by Gasteiger charge is 2.39. The zero-order chi connectivity index (χ0) is 29.4. The maximum Gasteiger partial charge on any atom is 0.410 e. The lowest BCUT2D eigenvalue weighted by Crippen LogP contribution is -2.46. The summed E-state index contributed by atoms with van der Waals surface area (Å²) in [6.07, 6.45) is 3.00. The molecule has 1 aromatic carbocycles. The number of nitrogens with zero attached hydrogens (tertiary/aromatic N) is 2. The second-order valence-corrected chi connectivity index (χ2v) is 13.3. The topological polar surface area (TPSA) is 142 Å². The van der Waals surface area contributed by atoms with Crippen molar-refractivity contribution in [2.24, 2.45) is 0 Å². The number of hydrogen-bond acceptors (Lipinski definition) is 7. The Bertz CT molecular complexity index is 1580. The Hall–Kier alpha value is -3.38. The highest BCUT2D eigenvalue weighted by Crippen LogP contribution is 2.34. The van der Waals surface area contributed by atoms with Crippen LogP contribution in [0.2, 0.25) is 0 Å². The third-order valence-electron chi connectivity index (χ3n) is 6.65. The van der Waals surface area contributed by atoms with Crippen LogP contribution in [-0.2, 0) is 19.5 Å². The molecule has 1 fully saturated rings. The smallest absolute Gasteiger partial charge is 0.410 e. The summed E-state index contributed by atoms with van der Waals surface area (Å²) in [5, 5.41) is 0.722. The molecule has 218 valence electrons. The number of pyridine rings is 1. The van der Waals surface area contributed by atoms with Crippen LogP contribution in [0.15, 0.2) is 34.1 Å². The summed E-state index contributed by atoms with van der Waals surface area (Å²) in [5.41, 5.74) is -0.380. The zero-order valence-electron chi connectivity index (χ0n) is 23.9. The second kappa shape index (κ2) is 11.2. The normalized spacial score (nSPS) is 14.3. The number of nitrogens with one attached hydrogen (secondary N) is 2. The van der Waals surface area contributed by atoms with Gasteiger partial charge in [-0.05, 0) is 72.1 Å². The summed E-state index contributed by atoms with van der Waals surface area (Å²) in [4.78, 5) is 45.4. The molecule has 1 aliphatic rings. The van der Waals surface area contributed by atoms with Gasteiger partial charge in [-0.15, -0.1) is 0 Å². The van der Waals surface area contributed by atoms with Gasteiger partial charge in [0.05, 0.1) is 17.1 Å². The van der Waals surface area contributed by atoms with Gasteiger partial charge < -0.3 is 24.3 Å². The van der Waals surface area contributed by atoms with Crippen LogP contribution in [0.1, 0.15) is 71.2 Å². The van der Waals surface area contributed by atoms with Crippen LogP contribution in [-0.4, -0.2) is 77.0 Å². The summed E-state index contributed by atoms with van der Waals surface area (Å²) in [6.45, 7) is 11.4. The summed E-state index contributed by atoms with van der Waals surface area (Å²) < 4.78 is 40.2. The van der Waals surface area contributed by atoms with Crippen molar-refractivity contribution in [1.29, 1.82) is 0 Å². The van der Waals surface area contributed by atoms with E-state index in [0.29, 0.717) is 22.7 Å². The van der Waals surface area contributed by atoms with Crippen LogP contribution in [0.4, 0.5) is 4.79 Å². The van der Waals surface area contributed by atoms with Gasteiger partial charge in [-0.25, -0.2) is 18.0 Å². The lowest BCUT2D eigenvalue weighted by Gasteiger charge is -2.32. The van der Waals surface area contributed by atoms with Crippen molar-refractivity contribution in [2.75, 3.05) is 19.7 Å². The van der Waals surface area contributed by atoms with E-state index >= 15 is 0 Å². The summed E-state index contributed by atoms with van der Waals surface area (Å²) >= 11 is 0. The standard InChI is InChI=1S/C28H38N4O7S/c1-7-14-38-26(34)21-16-29-24-23(21)20-15-19(10-11-22(20)30-25(24)33)40(36,37)32(18-8-9-18)13-12-31(17(2)3)27(35)39-28(4,5)6/h10-11,15-18,29H,7-9,12-14H2,1-6H3,(H,30,33). The third-order valence-corrected chi connectivity index (χ3v) is 8.59. The zero-order valence-corrected chi connectivity index (χ0v) is 24.7. The van der Waals surface area contributed by atoms with Crippen molar-refractivity contribution in [1.82, 2.24) is 19.2 Å². The molecule has 2 heterocycles. The molecule has 0 spiro atoms. The molecule has 12 heteroatoms. The average Bonchev–Trinajstić information content (AvgIpc) is 3.59. The molecule has 2 N–H and O–H groups in total. The number of fused-ring (bicyclic) bond motifs is 3. The highest BCUT2D eigenvalue weighted by atomic mass is 32.2. The fourth-order valence-electron chi connectivity index (χ4n) is 4.58. The average molecular weight is 575 g/mol. The first-order valence-electron chi connectivity index (χ1n) is 13.6. The molecule has 11 nitrogen and oxygen atoms in total. The van der Waals surface area contributed by atoms with E-state index in [1.54, 1.807) is 20.8 Å². The van der Waals surface area contributed by atoms with Gasteiger partial charge in [0.25, 0.3) is 5.56 Å². The van der Waals surface area contributed by atoms with Gasteiger partial charge in [0, 0.05) is 47.7 Å². The SMILES string of the molecule is CCCOC(=O)c1c[nH]c2c(=O)[nH]c3ccc(S(=O)(=O)N(CCN(C(=O)OC(C)(C)C)C(C)C)C4CC4)cc3c12. The number of aromatic nitrogens is 2. The minimum atomic E-state index is -3.98. The molecule has 0 aliphatic heterocycles.